The molecular weight excluding hydrogens is 330 g/mol. The van der Waals surface area contributed by atoms with Crippen molar-refractivity contribution in [2.45, 2.75) is 35.0 Å². The van der Waals surface area contributed by atoms with Crippen molar-refractivity contribution in [3.05, 3.63) is 34.6 Å². The molecule has 1 heterocycles. The minimum atomic E-state index is 0.202. The van der Waals surface area contributed by atoms with Crippen LogP contribution in [-0.2, 0) is 6.42 Å². The van der Waals surface area contributed by atoms with Gasteiger partial charge < -0.3 is 5.73 Å². The summed E-state index contributed by atoms with van der Waals surface area (Å²) in [7, 11) is 0. The summed E-state index contributed by atoms with van der Waals surface area (Å²) in [6, 6.07) is 6.49. The number of hydrogen-bond donors (Lipinski definition) is 1. The van der Waals surface area contributed by atoms with Gasteiger partial charge in [0, 0.05) is 15.4 Å². The molecule has 0 amide bonds. The SMILES string of the molecule is CCC(N)Cc1cc(Br)ccc1Sc1ncns1. The van der Waals surface area contributed by atoms with Crippen molar-refractivity contribution in [3.8, 4) is 0 Å². The summed E-state index contributed by atoms with van der Waals surface area (Å²) < 4.78 is 6.07. The van der Waals surface area contributed by atoms with Gasteiger partial charge in [0.1, 0.15) is 6.33 Å². The molecule has 0 bridgehead atoms. The number of benzene rings is 1. The standard InChI is InChI=1S/C12H14BrN3S2/c1-2-10(14)6-8-5-9(13)3-4-11(8)17-12-15-7-16-18-12/h3-5,7,10H,2,6,14H2,1H3. The molecule has 0 fully saturated rings. The van der Waals surface area contributed by atoms with Crippen LogP contribution >= 0.6 is 39.2 Å². The zero-order valence-electron chi connectivity index (χ0n) is 9.97. The number of nitrogens with zero attached hydrogens (tertiary/aromatic N) is 2. The third-order valence-electron chi connectivity index (χ3n) is 2.57. The van der Waals surface area contributed by atoms with Gasteiger partial charge in [-0.05, 0) is 48.1 Å². The molecular formula is C12H14BrN3S2. The molecule has 0 spiro atoms. The van der Waals surface area contributed by atoms with Crippen LogP contribution in [0.5, 0.6) is 0 Å². The Morgan fingerprint density at radius 3 is 3.00 bits per heavy atom. The van der Waals surface area contributed by atoms with Crippen molar-refractivity contribution < 1.29 is 0 Å². The molecule has 1 atom stereocenters. The summed E-state index contributed by atoms with van der Waals surface area (Å²) in [5.41, 5.74) is 7.31. The van der Waals surface area contributed by atoms with E-state index >= 15 is 0 Å². The van der Waals surface area contributed by atoms with Crippen LogP contribution < -0.4 is 5.73 Å². The predicted molar refractivity (Wildman–Crippen MR) is 80.1 cm³/mol. The average Bonchev–Trinajstić information content (AvgIpc) is 2.85. The van der Waals surface area contributed by atoms with Gasteiger partial charge in [0.25, 0.3) is 0 Å². The van der Waals surface area contributed by atoms with Crippen LogP contribution in [-0.4, -0.2) is 15.4 Å². The molecule has 0 saturated heterocycles. The fourth-order valence-electron chi connectivity index (χ4n) is 1.54. The monoisotopic (exact) mass is 343 g/mol. The summed E-state index contributed by atoms with van der Waals surface area (Å²) >= 11 is 6.58. The highest BCUT2D eigenvalue weighted by atomic mass is 79.9. The Kier molecular flexibility index (Phi) is 5.17. The van der Waals surface area contributed by atoms with Gasteiger partial charge in [-0.3, -0.25) is 0 Å². The van der Waals surface area contributed by atoms with E-state index in [0.717, 1.165) is 21.7 Å². The van der Waals surface area contributed by atoms with Crippen molar-refractivity contribution >= 4 is 39.2 Å². The van der Waals surface area contributed by atoms with Crippen molar-refractivity contribution in [2.24, 2.45) is 5.73 Å². The Morgan fingerprint density at radius 1 is 1.50 bits per heavy atom. The van der Waals surface area contributed by atoms with Crippen LogP contribution in [0.25, 0.3) is 0 Å². The predicted octanol–water partition coefficient (Wildman–Crippen LogP) is 3.73. The summed E-state index contributed by atoms with van der Waals surface area (Å²) in [6.07, 6.45) is 3.45. The molecule has 1 aromatic heterocycles. The van der Waals surface area contributed by atoms with E-state index < -0.39 is 0 Å². The quantitative estimate of drug-likeness (QED) is 0.898. The van der Waals surface area contributed by atoms with E-state index in [2.05, 4.69) is 44.3 Å². The molecule has 2 rings (SSSR count). The maximum absolute atomic E-state index is 6.05. The number of rotatable bonds is 5. The van der Waals surface area contributed by atoms with E-state index in [9.17, 15) is 0 Å². The number of aromatic nitrogens is 2. The van der Waals surface area contributed by atoms with Crippen molar-refractivity contribution in [1.82, 2.24) is 9.36 Å². The first-order chi connectivity index (χ1) is 8.69. The Balaban J connectivity index is 2.22. The zero-order chi connectivity index (χ0) is 13.0. The molecule has 0 aliphatic carbocycles. The highest BCUT2D eigenvalue weighted by Crippen LogP contribution is 2.33. The van der Waals surface area contributed by atoms with E-state index in [1.807, 2.05) is 6.07 Å². The van der Waals surface area contributed by atoms with Gasteiger partial charge in [0.15, 0.2) is 4.34 Å². The second kappa shape index (κ2) is 6.65. The summed E-state index contributed by atoms with van der Waals surface area (Å²) in [5, 5.41) is 0. The molecule has 1 unspecified atom stereocenters. The molecule has 2 N–H and O–H groups in total. The fraction of sp³-hybridized carbons (Fsp3) is 0.333. The molecule has 18 heavy (non-hydrogen) atoms. The topological polar surface area (TPSA) is 51.8 Å². The van der Waals surface area contributed by atoms with Crippen LogP contribution in [0.1, 0.15) is 18.9 Å². The normalized spacial score (nSPS) is 12.6. The Hall–Kier alpha value is -0.430. The smallest absolute Gasteiger partial charge is 0.174 e. The van der Waals surface area contributed by atoms with Gasteiger partial charge in [0.05, 0.1) is 0 Å². The summed E-state index contributed by atoms with van der Waals surface area (Å²) in [6.45, 7) is 2.11. The van der Waals surface area contributed by atoms with Crippen LogP contribution in [0.3, 0.4) is 0 Å². The van der Waals surface area contributed by atoms with Gasteiger partial charge in [-0.25, -0.2) is 4.98 Å². The number of nitrogens with two attached hydrogens (primary N) is 1. The van der Waals surface area contributed by atoms with Gasteiger partial charge in [-0.2, -0.15) is 4.37 Å². The second-order valence-electron chi connectivity index (χ2n) is 3.93. The van der Waals surface area contributed by atoms with Crippen LogP contribution in [0.15, 0.2) is 38.2 Å². The fourth-order valence-corrected chi connectivity index (χ4v) is 3.47. The molecule has 6 heteroatoms. The first-order valence-electron chi connectivity index (χ1n) is 5.67. The molecule has 0 radical (unpaired) electrons. The molecule has 1 aromatic carbocycles. The highest BCUT2D eigenvalue weighted by molar-refractivity contribution is 9.10. The lowest BCUT2D eigenvalue weighted by Crippen LogP contribution is -2.21. The van der Waals surface area contributed by atoms with Gasteiger partial charge in [-0.15, -0.1) is 0 Å². The molecule has 0 aliphatic rings. The zero-order valence-corrected chi connectivity index (χ0v) is 13.2. The van der Waals surface area contributed by atoms with Crippen LogP contribution in [0, 0.1) is 0 Å². The number of hydrogen-bond acceptors (Lipinski definition) is 5. The molecule has 0 saturated carbocycles. The Labute approximate surface area is 123 Å². The molecule has 3 nitrogen and oxygen atoms in total. The molecule has 2 aromatic rings. The van der Waals surface area contributed by atoms with E-state index in [0.29, 0.717) is 0 Å². The minimum absolute atomic E-state index is 0.202. The lowest BCUT2D eigenvalue weighted by molar-refractivity contribution is 0.641. The number of halogens is 1. The molecule has 0 aliphatic heterocycles. The first kappa shape index (κ1) is 14.0. The lowest BCUT2D eigenvalue weighted by Gasteiger charge is -2.12. The van der Waals surface area contributed by atoms with Gasteiger partial charge in [-0.1, -0.05) is 34.6 Å². The largest absolute Gasteiger partial charge is 0.327 e. The first-order valence-corrected chi connectivity index (χ1v) is 8.06. The van der Waals surface area contributed by atoms with Crippen LogP contribution in [0.4, 0.5) is 0 Å². The highest BCUT2D eigenvalue weighted by Gasteiger charge is 2.10. The maximum atomic E-state index is 6.05. The minimum Gasteiger partial charge on any atom is -0.327 e. The van der Waals surface area contributed by atoms with Crippen molar-refractivity contribution in [3.63, 3.8) is 0 Å². The van der Waals surface area contributed by atoms with Gasteiger partial charge in [0.2, 0.25) is 0 Å². The Morgan fingerprint density at radius 2 is 2.33 bits per heavy atom. The summed E-state index contributed by atoms with van der Waals surface area (Å²) in [5.74, 6) is 0. The van der Waals surface area contributed by atoms with E-state index in [1.54, 1.807) is 18.1 Å². The third-order valence-corrected chi connectivity index (χ3v) is 4.89. The molecule has 96 valence electrons. The van der Waals surface area contributed by atoms with E-state index in [1.165, 1.54) is 22.0 Å². The summed E-state index contributed by atoms with van der Waals surface area (Å²) in [4.78, 5) is 5.41. The van der Waals surface area contributed by atoms with E-state index in [4.69, 9.17) is 5.73 Å². The third kappa shape index (κ3) is 3.78. The second-order valence-corrected chi connectivity index (χ2v) is 6.92. The lowest BCUT2D eigenvalue weighted by atomic mass is 10.1. The average molecular weight is 344 g/mol. The maximum Gasteiger partial charge on any atom is 0.174 e. The van der Waals surface area contributed by atoms with Crippen molar-refractivity contribution in [1.29, 1.82) is 0 Å². The Bertz CT molecular complexity index is 502. The van der Waals surface area contributed by atoms with Gasteiger partial charge >= 0.3 is 0 Å². The van der Waals surface area contributed by atoms with E-state index in [-0.39, 0.29) is 6.04 Å². The van der Waals surface area contributed by atoms with Crippen molar-refractivity contribution in [2.75, 3.05) is 0 Å². The van der Waals surface area contributed by atoms with Crippen LogP contribution in [0.2, 0.25) is 0 Å².